The monoisotopic (exact) mass is 358 g/mol. The minimum atomic E-state index is -0.911. The lowest BCUT2D eigenvalue weighted by Gasteiger charge is -2.41. The van der Waals surface area contributed by atoms with Crippen LogP contribution in [0.4, 0.5) is 10.2 Å². The smallest absolute Gasteiger partial charge is 0.160 e. The van der Waals surface area contributed by atoms with Crippen molar-refractivity contribution in [3.05, 3.63) is 47.7 Å². The molecule has 2 aromatic heterocycles. The van der Waals surface area contributed by atoms with Crippen LogP contribution in [0.15, 0.2) is 30.5 Å². The van der Waals surface area contributed by atoms with E-state index in [-0.39, 0.29) is 17.2 Å². The van der Waals surface area contributed by atoms with Crippen molar-refractivity contribution in [3.63, 3.8) is 0 Å². The number of hydrogen-bond donors (Lipinski definition) is 3. The van der Waals surface area contributed by atoms with Gasteiger partial charge in [0.05, 0.1) is 11.4 Å². The Hall–Kier alpha value is -2.16. The number of nitrogens with one attached hydrogen (secondary N) is 1. The number of likely N-dealkylation sites (tertiary alicyclic amines) is 1. The van der Waals surface area contributed by atoms with Gasteiger partial charge in [0.2, 0.25) is 0 Å². The molecule has 1 aliphatic heterocycles. The first-order valence-corrected chi connectivity index (χ1v) is 8.94. The topological polar surface area (TPSA) is 100 Å². The molecule has 1 saturated heterocycles. The number of aromatic nitrogens is 3. The van der Waals surface area contributed by atoms with E-state index >= 15 is 0 Å². The second-order valence-corrected chi connectivity index (χ2v) is 7.23. The van der Waals surface area contributed by atoms with Gasteiger partial charge in [-0.15, -0.1) is 5.10 Å². The van der Waals surface area contributed by atoms with Gasteiger partial charge in [0.15, 0.2) is 6.35 Å². The molecule has 0 amide bonds. The Morgan fingerprint density at radius 2 is 2.12 bits per heavy atom. The molecule has 0 bridgehead atoms. The van der Waals surface area contributed by atoms with E-state index < -0.39 is 6.35 Å². The molecule has 1 saturated carbocycles. The van der Waals surface area contributed by atoms with Gasteiger partial charge in [0.1, 0.15) is 11.6 Å². The van der Waals surface area contributed by atoms with Crippen molar-refractivity contribution in [3.8, 4) is 0 Å². The maximum absolute atomic E-state index is 14.2. The number of aliphatic hydroxyl groups is 1. The van der Waals surface area contributed by atoms with Crippen LogP contribution in [0, 0.1) is 5.82 Å². The molecular weight excluding hydrogens is 335 g/mol. The highest BCUT2D eigenvalue weighted by Gasteiger charge is 2.41. The standard InChI is InChI=1S/C18H23FN6O/c19-13-3-1-8-21-16(13)18(6-2-7-18)11-22-15-5-4-14(23-24-15)12-9-25(10-12)17(20)26/h1,3-5,8,12,17,26H,2,6-7,9-11,20H2,(H,22,24). The second kappa shape index (κ2) is 6.86. The molecule has 8 heteroatoms. The number of aliphatic hydroxyl groups excluding tert-OH is 1. The summed E-state index contributed by atoms with van der Waals surface area (Å²) in [5.74, 6) is 0.675. The molecule has 4 rings (SSSR count). The average molecular weight is 358 g/mol. The predicted octanol–water partition coefficient (Wildman–Crippen LogP) is 1.18. The molecule has 3 heterocycles. The maximum atomic E-state index is 14.2. The molecule has 4 N–H and O–H groups in total. The molecule has 0 aromatic carbocycles. The zero-order valence-corrected chi connectivity index (χ0v) is 14.5. The van der Waals surface area contributed by atoms with Gasteiger partial charge >= 0.3 is 0 Å². The van der Waals surface area contributed by atoms with Crippen LogP contribution in [0.3, 0.4) is 0 Å². The first-order chi connectivity index (χ1) is 12.6. The number of rotatable bonds is 6. The number of pyridine rings is 1. The summed E-state index contributed by atoms with van der Waals surface area (Å²) < 4.78 is 14.2. The van der Waals surface area contributed by atoms with Gasteiger partial charge in [-0.1, -0.05) is 6.42 Å². The second-order valence-electron chi connectivity index (χ2n) is 7.23. The lowest BCUT2D eigenvalue weighted by molar-refractivity contribution is -0.0421. The molecule has 2 aromatic rings. The summed E-state index contributed by atoms with van der Waals surface area (Å²) >= 11 is 0. The van der Waals surface area contributed by atoms with E-state index in [9.17, 15) is 9.50 Å². The molecule has 2 fully saturated rings. The fourth-order valence-corrected chi connectivity index (χ4v) is 3.71. The average Bonchev–Trinajstić information content (AvgIpc) is 2.55. The third-order valence-electron chi connectivity index (χ3n) is 5.57. The van der Waals surface area contributed by atoms with Crippen molar-refractivity contribution in [2.75, 3.05) is 25.0 Å². The van der Waals surface area contributed by atoms with Gasteiger partial charge in [-0.25, -0.2) is 4.39 Å². The fraction of sp³-hybridized carbons (Fsp3) is 0.500. The number of nitrogens with two attached hydrogens (primary N) is 1. The summed E-state index contributed by atoms with van der Waals surface area (Å²) in [5, 5.41) is 21.1. The molecule has 26 heavy (non-hydrogen) atoms. The Morgan fingerprint density at radius 3 is 2.69 bits per heavy atom. The highest BCUT2D eigenvalue weighted by atomic mass is 19.1. The van der Waals surface area contributed by atoms with Crippen molar-refractivity contribution in [1.29, 1.82) is 0 Å². The molecule has 1 aliphatic carbocycles. The minimum Gasteiger partial charge on any atom is -0.368 e. The number of halogens is 1. The fourth-order valence-electron chi connectivity index (χ4n) is 3.71. The van der Waals surface area contributed by atoms with Crippen LogP contribution in [0.5, 0.6) is 0 Å². The van der Waals surface area contributed by atoms with Gasteiger partial charge < -0.3 is 10.4 Å². The van der Waals surface area contributed by atoms with E-state index in [2.05, 4.69) is 20.5 Å². The van der Waals surface area contributed by atoms with E-state index in [4.69, 9.17) is 5.73 Å². The van der Waals surface area contributed by atoms with E-state index in [0.29, 0.717) is 31.1 Å². The van der Waals surface area contributed by atoms with Crippen LogP contribution in [0.25, 0.3) is 0 Å². The van der Waals surface area contributed by atoms with Crippen molar-refractivity contribution >= 4 is 5.82 Å². The Balaban J connectivity index is 1.38. The van der Waals surface area contributed by atoms with Crippen LogP contribution in [0.1, 0.15) is 36.6 Å². The summed E-state index contributed by atoms with van der Waals surface area (Å²) in [7, 11) is 0. The van der Waals surface area contributed by atoms with E-state index in [1.165, 1.54) is 6.07 Å². The summed E-state index contributed by atoms with van der Waals surface area (Å²) in [6.07, 6.45) is 3.64. The Labute approximate surface area is 151 Å². The van der Waals surface area contributed by atoms with Crippen molar-refractivity contribution in [2.24, 2.45) is 5.73 Å². The maximum Gasteiger partial charge on any atom is 0.160 e. The Morgan fingerprint density at radius 1 is 1.31 bits per heavy atom. The van der Waals surface area contributed by atoms with Crippen molar-refractivity contribution in [2.45, 2.75) is 36.9 Å². The van der Waals surface area contributed by atoms with E-state index in [1.54, 1.807) is 17.2 Å². The number of anilines is 1. The van der Waals surface area contributed by atoms with Gasteiger partial charge in [0, 0.05) is 37.2 Å². The normalized spacial score (nSPS) is 20.9. The van der Waals surface area contributed by atoms with Crippen molar-refractivity contribution < 1.29 is 9.50 Å². The number of hydrogen-bond acceptors (Lipinski definition) is 7. The van der Waals surface area contributed by atoms with E-state index in [1.807, 2.05) is 12.1 Å². The molecule has 0 spiro atoms. The quantitative estimate of drug-likeness (QED) is 0.667. The summed E-state index contributed by atoms with van der Waals surface area (Å²) in [4.78, 5) is 6.04. The molecule has 7 nitrogen and oxygen atoms in total. The zero-order valence-electron chi connectivity index (χ0n) is 14.5. The summed E-state index contributed by atoms with van der Waals surface area (Å²) in [6, 6.07) is 6.92. The Bertz CT molecular complexity index is 759. The first-order valence-electron chi connectivity index (χ1n) is 8.94. The largest absolute Gasteiger partial charge is 0.368 e. The van der Waals surface area contributed by atoms with Crippen LogP contribution in [0.2, 0.25) is 0 Å². The van der Waals surface area contributed by atoms with Crippen LogP contribution in [-0.2, 0) is 5.41 Å². The third-order valence-corrected chi connectivity index (χ3v) is 5.57. The summed E-state index contributed by atoms with van der Waals surface area (Å²) in [6.45, 7) is 1.95. The predicted molar refractivity (Wildman–Crippen MR) is 94.8 cm³/mol. The molecule has 1 atom stereocenters. The zero-order chi connectivity index (χ0) is 18.1. The molecule has 2 aliphatic rings. The number of nitrogens with zero attached hydrogens (tertiary/aromatic N) is 4. The molecule has 138 valence electrons. The van der Waals surface area contributed by atoms with E-state index in [0.717, 1.165) is 25.0 Å². The molecule has 1 unspecified atom stereocenters. The van der Waals surface area contributed by atoms with Gasteiger partial charge in [-0.2, -0.15) is 5.10 Å². The Kier molecular flexibility index (Phi) is 4.56. The van der Waals surface area contributed by atoms with Gasteiger partial charge in [-0.3, -0.25) is 15.6 Å². The lowest BCUT2D eigenvalue weighted by atomic mass is 9.66. The highest BCUT2D eigenvalue weighted by molar-refractivity contribution is 5.37. The highest BCUT2D eigenvalue weighted by Crippen LogP contribution is 2.43. The minimum absolute atomic E-state index is 0.243. The first kappa shape index (κ1) is 17.3. The van der Waals surface area contributed by atoms with Crippen LogP contribution >= 0.6 is 0 Å². The third kappa shape index (κ3) is 3.15. The van der Waals surface area contributed by atoms with Crippen molar-refractivity contribution in [1.82, 2.24) is 20.1 Å². The van der Waals surface area contributed by atoms with Gasteiger partial charge in [0.25, 0.3) is 0 Å². The SMILES string of the molecule is NC(O)N1CC(c2ccc(NCC3(c4ncccc4F)CCC3)nn2)C1. The summed E-state index contributed by atoms with van der Waals surface area (Å²) in [5.41, 5.74) is 6.59. The molecular formula is C18H23FN6O. The van der Waals surface area contributed by atoms with Crippen LogP contribution in [-0.4, -0.2) is 51.2 Å². The lowest BCUT2D eigenvalue weighted by Crippen LogP contribution is -2.54. The van der Waals surface area contributed by atoms with Gasteiger partial charge in [-0.05, 0) is 37.1 Å². The van der Waals surface area contributed by atoms with Crippen LogP contribution < -0.4 is 11.1 Å². The molecule has 0 radical (unpaired) electrons.